The SMILES string of the molecule is CCS(=O)(=O)CCN1CC(CC(C)C)NCC1C. The molecule has 1 fully saturated rings. The van der Waals surface area contributed by atoms with Gasteiger partial charge in [-0.2, -0.15) is 0 Å². The van der Waals surface area contributed by atoms with E-state index in [4.69, 9.17) is 0 Å². The lowest BCUT2D eigenvalue weighted by molar-refractivity contribution is 0.139. The molecule has 0 aromatic heterocycles. The number of sulfone groups is 1. The third-order valence-corrected chi connectivity index (χ3v) is 5.35. The molecule has 1 aliphatic rings. The highest BCUT2D eigenvalue weighted by Gasteiger charge is 2.26. The van der Waals surface area contributed by atoms with Crippen LogP contribution in [-0.4, -0.2) is 56.5 Å². The maximum atomic E-state index is 11.6. The fraction of sp³-hybridized carbons (Fsp3) is 1.00. The lowest BCUT2D eigenvalue weighted by Crippen LogP contribution is -2.56. The van der Waals surface area contributed by atoms with E-state index in [0.717, 1.165) is 19.5 Å². The first-order valence-electron chi connectivity index (χ1n) is 7.02. The maximum absolute atomic E-state index is 11.6. The molecule has 0 aromatic rings. The molecule has 1 heterocycles. The van der Waals surface area contributed by atoms with Gasteiger partial charge in [0.15, 0.2) is 9.84 Å². The molecular weight excluding hydrogens is 248 g/mol. The van der Waals surface area contributed by atoms with Crippen molar-refractivity contribution in [1.29, 1.82) is 0 Å². The molecule has 0 saturated carbocycles. The van der Waals surface area contributed by atoms with Crippen molar-refractivity contribution in [3.63, 3.8) is 0 Å². The molecule has 0 amide bonds. The Morgan fingerprint density at radius 2 is 2.06 bits per heavy atom. The first kappa shape index (κ1) is 15.9. The van der Waals surface area contributed by atoms with Crippen LogP contribution in [0.3, 0.4) is 0 Å². The zero-order chi connectivity index (χ0) is 13.8. The Morgan fingerprint density at radius 1 is 1.39 bits per heavy atom. The summed E-state index contributed by atoms with van der Waals surface area (Å²) in [7, 11) is -2.84. The summed E-state index contributed by atoms with van der Waals surface area (Å²) in [5.74, 6) is 1.22. The fourth-order valence-electron chi connectivity index (χ4n) is 2.43. The molecule has 0 aliphatic carbocycles. The molecule has 0 bridgehead atoms. The van der Waals surface area contributed by atoms with Crippen LogP contribution in [-0.2, 0) is 9.84 Å². The molecular formula is C13H28N2O2S. The van der Waals surface area contributed by atoms with Gasteiger partial charge in [0.1, 0.15) is 0 Å². The molecule has 0 spiro atoms. The summed E-state index contributed by atoms with van der Waals surface area (Å²) in [5, 5.41) is 3.55. The third-order valence-electron chi connectivity index (χ3n) is 3.67. The van der Waals surface area contributed by atoms with E-state index in [1.54, 1.807) is 6.92 Å². The molecule has 18 heavy (non-hydrogen) atoms. The quantitative estimate of drug-likeness (QED) is 0.790. The monoisotopic (exact) mass is 276 g/mol. The van der Waals surface area contributed by atoms with Crippen molar-refractivity contribution in [3.8, 4) is 0 Å². The number of rotatable bonds is 6. The maximum Gasteiger partial charge on any atom is 0.151 e. The van der Waals surface area contributed by atoms with Crippen LogP contribution in [0, 0.1) is 5.92 Å². The minimum absolute atomic E-state index is 0.253. The largest absolute Gasteiger partial charge is 0.311 e. The zero-order valence-corrected chi connectivity index (χ0v) is 13.0. The van der Waals surface area contributed by atoms with Crippen LogP contribution >= 0.6 is 0 Å². The van der Waals surface area contributed by atoms with Gasteiger partial charge in [0.25, 0.3) is 0 Å². The van der Waals surface area contributed by atoms with Gasteiger partial charge >= 0.3 is 0 Å². The van der Waals surface area contributed by atoms with Gasteiger partial charge in [0, 0.05) is 37.5 Å². The van der Waals surface area contributed by atoms with E-state index in [9.17, 15) is 8.42 Å². The van der Waals surface area contributed by atoms with Gasteiger partial charge < -0.3 is 5.32 Å². The predicted molar refractivity (Wildman–Crippen MR) is 76.6 cm³/mol. The van der Waals surface area contributed by atoms with Crippen molar-refractivity contribution in [1.82, 2.24) is 10.2 Å². The Hall–Kier alpha value is -0.130. The number of hydrogen-bond acceptors (Lipinski definition) is 4. The van der Waals surface area contributed by atoms with E-state index in [1.165, 1.54) is 0 Å². The average Bonchev–Trinajstić information content (AvgIpc) is 2.29. The molecule has 108 valence electrons. The molecule has 1 N–H and O–H groups in total. The van der Waals surface area contributed by atoms with E-state index in [0.29, 0.717) is 30.3 Å². The second-order valence-corrected chi connectivity index (χ2v) is 8.29. The Kier molecular flexibility index (Phi) is 6.08. The molecule has 0 radical (unpaired) electrons. The van der Waals surface area contributed by atoms with Crippen LogP contribution in [0.2, 0.25) is 0 Å². The third kappa shape index (κ3) is 5.24. The molecule has 4 nitrogen and oxygen atoms in total. The summed E-state index contributed by atoms with van der Waals surface area (Å²) in [6, 6.07) is 0.936. The Morgan fingerprint density at radius 3 is 2.61 bits per heavy atom. The molecule has 2 atom stereocenters. The average molecular weight is 276 g/mol. The highest BCUT2D eigenvalue weighted by atomic mass is 32.2. The summed E-state index contributed by atoms with van der Waals surface area (Å²) >= 11 is 0. The first-order valence-corrected chi connectivity index (χ1v) is 8.84. The highest BCUT2D eigenvalue weighted by molar-refractivity contribution is 7.91. The van der Waals surface area contributed by atoms with Crippen molar-refractivity contribution in [2.24, 2.45) is 5.92 Å². The van der Waals surface area contributed by atoms with Gasteiger partial charge in [-0.1, -0.05) is 20.8 Å². The van der Waals surface area contributed by atoms with Gasteiger partial charge in [-0.15, -0.1) is 0 Å². The molecule has 0 aromatic carbocycles. The number of piperazine rings is 1. The zero-order valence-electron chi connectivity index (χ0n) is 12.1. The molecule has 1 aliphatic heterocycles. The van der Waals surface area contributed by atoms with Crippen molar-refractivity contribution in [2.75, 3.05) is 31.1 Å². The van der Waals surface area contributed by atoms with Gasteiger partial charge in [-0.3, -0.25) is 4.90 Å². The van der Waals surface area contributed by atoms with Crippen molar-refractivity contribution < 1.29 is 8.42 Å². The van der Waals surface area contributed by atoms with E-state index >= 15 is 0 Å². The topological polar surface area (TPSA) is 49.4 Å². The minimum atomic E-state index is -2.84. The highest BCUT2D eigenvalue weighted by Crippen LogP contribution is 2.13. The normalized spacial score (nSPS) is 26.7. The second-order valence-electron chi connectivity index (χ2n) is 5.82. The van der Waals surface area contributed by atoms with Crippen LogP contribution < -0.4 is 5.32 Å². The van der Waals surface area contributed by atoms with Crippen LogP contribution in [0.15, 0.2) is 0 Å². The van der Waals surface area contributed by atoms with Crippen LogP contribution in [0.1, 0.15) is 34.1 Å². The van der Waals surface area contributed by atoms with Gasteiger partial charge in [0.2, 0.25) is 0 Å². The first-order chi connectivity index (χ1) is 8.34. The van der Waals surface area contributed by atoms with E-state index in [2.05, 4.69) is 31.0 Å². The lowest BCUT2D eigenvalue weighted by atomic mass is 10.0. The summed E-state index contributed by atoms with van der Waals surface area (Å²) in [6.07, 6.45) is 1.16. The van der Waals surface area contributed by atoms with E-state index < -0.39 is 9.84 Å². The standard InChI is InChI=1S/C13H28N2O2S/c1-5-18(16,17)7-6-15-10-13(8-11(2)3)14-9-12(15)4/h11-14H,5-10H2,1-4H3. The Bertz CT molecular complexity index is 341. The summed E-state index contributed by atoms with van der Waals surface area (Å²) in [4.78, 5) is 2.32. The van der Waals surface area contributed by atoms with Gasteiger partial charge in [0.05, 0.1) is 5.75 Å². The Labute approximate surface area is 112 Å². The van der Waals surface area contributed by atoms with Crippen molar-refractivity contribution >= 4 is 9.84 Å². The molecule has 5 heteroatoms. The summed E-state index contributed by atoms with van der Waals surface area (Å²) in [5.41, 5.74) is 0. The number of nitrogens with zero attached hydrogens (tertiary/aromatic N) is 1. The van der Waals surface area contributed by atoms with Crippen LogP contribution in [0.25, 0.3) is 0 Å². The second kappa shape index (κ2) is 6.87. The number of nitrogens with one attached hydrogen (secondary N) is 1. The van der Waals surface area contributed by atoms with Crippen molar-refractivity contribution in [3.05, 3.63) is 0 Å². The van der Waals surface area contributed by atoms with Crippen molar-refractivity contribution in [2.45, 2.75) is 46.2 Å². The fourth-order valence-corrected chi connectivity index (χ4v) is 3.23. The van der Waals surface area contributed by atoms with Gasteiger partial charge in [-0.05, 0) is 19.3 Å². The van der Waals surface area contributed by atoms with E-state index in [-0.39, 0.29) is 5.75 Å². The summed E-state index contributed by atoms with van der Waals surface area (Å²) in [6.45, 7) is 10.9. The predicted octanol–water partition coefficient (Wildman–Crippen LogP) is 1.13. The molecule has 2 unspecified atom stereocenters. The molecule has 1 saturated heterocycles. The number of hydrogen-bond donors (Lipinski definition) is 1. The smallest absolute Gasteiger partial charge is 0.151 e. The molecule has 1 rings (SSSR count). The van der Waals surface area contributed by atoms with Gasteiger partial charge in [-0.25, -0.2) is 8.42 Å². The van der Waals surface area contributed by atoms with E-state index in [1.807, 2.05) is 0 Å². The Balaban J connectivity index is 2.47. The van der Waals surface area contributed by atoms with Crippen LogP contribution in [0.5, 0.6) is 0 Å². The summed E-state index contributed by atoms with van der Waals surface area (Å²) < 4.78 is 23.1. The van der Waals surface area contributed by atoms with Crippen LogP contribution in [0.4, 0.5) is 0 Å². The lowest BCUT2D eigenvalue weighted by Gasteiger charge is -2.39. The minimum Gasteiger partial charge on any atom is -0.311 e.